The SMILES string of the molecule is CCC(Cc1ccc(OC)cc1)NC. The van der Waals surface area contributed by atoms with Crippen molar-refractivity contribution < 1.29 is 4.74 Å². The van der Waals surface area contributed by atoms with Crippen molar-refractivity contribution in [3.63, 3.8) is 0 Å². The maximum atomic E-state index is 5.11. The normalized spacial score (nSPS) is 12.5. The molecule has 0 aliphatic heterocycles. The predicted octanol–water partition coefficient (Wildman–Crippen LogP) is 2.24. The van der Waals surface area contributed by atoms with Crippen molar-refractivity contribution >= 4 is 0 Å². The summed E-state index contributed by atoms with van der Waals surface area (Å²) < 4.78 is 5.11. The van der Waals surface area contributed by atoms with Crippen LogP contribution < -0.4 is 10.1 Å². The standard InChI is InChI=1S/C12H19NO/c1-4-11(13-2)9-10-5-7-12(14-3)8-6-10/h5-8,11,13H,4,9H2,1-3H3. The molecule has 0 heterocycles. The highest BCUT2D eigenvalue weighted by Gasteiger charge is 2.03. The van der Waals surface area contributed by atoms with Gasteiger partial charge >= 0.3 is 0 Å². The Balaban J connectivity index is 2.58. The van der Waals surface area contributed by atoms with Crippen molar-refractivity contribution in [2.45, 2.75) is 25.8 Å². The van der Waals surface area contributed by atoms with E-state index < -0.39 is 0 Å². The van der Waals surface area contributed by atoms with Gasteiger partial charge in [0.15, 0.2) is 0 Å². The molecule has 0 amide bonds. The predicted molar refractivity (Wildman–Crippen MR) is 59.8 cm³/mol. The smallest absolute Gasteiger partial charge is 0.118 e. The van der Waals surface area contributed by atoms with Gasteiger partial charge in [-0.2, -0.15) is 0 Å². The largest absolute Gasteiger partial charge is 0.497 e. The molecule has 14 heavy (non-hydrogen) atoms. The monoisotopic (exact) mass is 193 g/mol. The molecule has 1 rings (SSSR count). The van der Waals surface area contributed by atoms with E-state index in [0.717, 1.165) is 18.6 Å². The Morgan fingerprint density at radius 3 is 2.36 bits per heavy atom. The van der Waals surface area contributed by atoms with Gasteiger partial charge in [-0.1, -0.05) is 19.1 Å². The first-order chi connectivity index (χ1) is 6.80. The summed E-state index contributed by atoms with van der Waals surface area (Å²) in [5.41, 5.74) is 1.35. The average Bonchev–Trinajstić information content (AvgIpc) is 2.26. The molecular weight excluding hydrogens is 174 g/mol. The summed E-state index contributed by atoms with van der Waals surface area (Å²) in [7, 11) is 3.70. The maximum absolute atomic E-state index is 5.11. The number of ether oxygens (including phenoxy) is 1. The molecule has 1 unspecified atom stereocenters. The summed E-state index contributed by atoms with van der Waals surface area (Å²) in [6, 6.07) is 8.84. The fourth-order valence-electron chi connectivity index (χ4n) is 1.50. The zero-order valence-corrected chi connectivity index (χ0v) is 9.21. The van der Waals surface area contributed by atoms with Gasteiger partial charge in [0, 0.05) is 6.04 Å². The molecule has 0 saturated carbocycles. The second-order valence-corrected chi connectivity index (χ2v) is 3.45. The van der Waals surface area contributed by atoms with Gasteiger partial charge in [0.2, 0.25) is 0 Å². The molecule has 1 aromatic rings. The Bertz CT molecular complexity index is 252. The number of hydrogen-bond donors (Lipinski definition) is 1. The Morgan fingerprint density at radius 1 is 1.29 bits per heavy atom. The van der Waals surface area contributed by atoms with Crippen LogP contribution in [0.4, 0.5) is 0 Å². The van der Waals surface area contributed by atoms with Gasteiger partial charge in [0.1, 0.15) is 5.75 Å². The van der Waals surface area contributed by atoms with Crippen molar-refractivity contribution in [3.05, 3.63) is 29.8 Å². The Labute approximate surface area is 86.3 Å². The Morgan fingerprint density at radius 2 is 1.93 bits per heavy atom. The van der Waals surface area contributed by atoms with E-state index in [1.807, 2.05) is 19.2 Å². The third-order valence-electron chi connectivity index (χ3n) is 2.54. The minimum atomic E-state index is 0.573. The van der Waals surface area contributed by atoms with Crippen LogP contribution in [-0.2, 0) is 6.42 Å². The van der Waals surface area contributed by atoms with Crippen LogP contribution in [0.3, 0.4) is 0 Å². The molecule has 0 aromatic heterocycles. The molecule has 1 N–H and O–H groups in total. The number of rotatable bonds is 5. The summed E-state index contributed by atoms with van der Waals surface area (Å²) >= 11 is 0. The van der Waals surface area contributed by atoms with Gasteiger partial charge in [-0.05, 0) is 37.6 Å². The zero-order chi connectivity index (χ0) is 10.4. The molecule has 0 fully saturated rings. The third kappa shape index (κ3) is 3.04. The van der Waals surface area contributed by atoms with Gasteiger partial charge in [-0.3, -0.25) is 0 Å². The lowest BCUT2D eigenvalue weighted by atomic mass is 10.0. The molecule has 0 radical (unpaired) electrons. The molecule has 2 heteroatoms. The number of benzene rings is 1. The van der Waals surface area contributed by atoms with Crippen molar-refractivity contribution in [2.24, 2.45) is 0 Å². The lowest BCUT2D eigenvalue weighted by Gasteiger charge is -2.13. The number of hydrogen-bond acceptors (Lipinski definition) is 2. The minimum absolute atomic E-state index is 0.573. The molecule has 0 spiro atoms. The van der Waals surface area contributed by atoms with Crippen LogP contribution in [0.5, 0.6) is 5.75 Å². The van der Waals surface area contributed by atoms with Gasteiger partial charge in [0.05, 0.1) is 7.11 Å². The highest BCUT2D eigenvalue weighted by Crippen LogP contribution is 2.13. The van der Waals surface area contributed by atoms with E-state index >= 15 is 0 Å². The lowest BCUT2D eigenvalue weighted by Crippen LogP contribution is -2.26. The van der Waals surface area contributed by atoms with Crippen LogP contribution in [0.1, 0.15) is 18.9 Å². The van der Waals surface area contributed by atoms with Crippen LogP contribution in [0.2, 0.25) is 0 Å². The lowest BCUT2D eigenvalue weighted by molar-refractivity contribution is 0.414. The van der Waals surface area contributed by atoms with Crippen molar-refractivity contribution in [1.29, 1.82) is 0 Å². The molecule has 1 aromatic carbocycles. The number of nitrogens with one attached hydrogen (secondary N) is 1. The van der Waals surface area contributed by atoms with Crippen molar-refractivity contribution in [3.8, 4) is 5.75 Å². The van der Waals surface area contributed by atoms with Crippen LogP contribution in [-0.4, -0.2) is 20.2 Å². The highest BCUT2D eigenvalue weighted by molar-refractivity contribution is 5.27. The molecule has 0 aliphatic carbocycles. The van der Waals surface area contributed by atoms with E-state index in [2.05, 4.69) is 24.4 Å². The van der Waals surface area contributed by atoms with Gasteiger partial charge in [-0.15, -0.1) is 0 Å². The van der Waals surface area contributed by atoms with E-state index in [0.29, 0.717) is 6.04 Å². The van der Waals surface area contributed by atoms with Crippen molar-refractivity contribution in [2.75, 3.05) is 14.2 Å². The summed E-state index contributed by atoms with van der Waals surface area (Å²) in [4.78, 5) is 0. The summed E-state index contributed by atoms with van der Waals surface area (Å²) in [6.45, 7) is 2.20. The fraction of sp³-hybridized carbons (Fsp3) is 0.500. The number of likely N-dealkylation sites (N-methyl/N-ethyl adjacent to an activating group) is 1. The summed E-state index contributed by atoms with van der Waals surface area (Å²) in [5, 5.41) is 3.30. The number of methoxy groups -OCH3 is 1. The molecule has 1 atom stereocenters. The van der Waals surface area contributed by atoms with E-state index in [9.17, 15) is 0 Å². The van der Waals surface area contributed by atoms with E-state index in [1.54, 1.807) is 7.11 Å². The molecule has 0 saturated heterocycles. The fourth-order valence-corrected chi connectivity index (χ4v) is 1.50. The molecule has 2 nitrogen and oxygen atoms in total. The third-order valence-corrected chi connectivity index (χ3v) is 2.54. The summed E-state index contributed by atoms with van der Waals surface area (Å²) in [6.07, 6.45) is 2.24. The average molecular weight is 193 g/mol. The topological polar surface area (TPSA) is 21.3 Å². The first-order valence-electron chi connectivity index (χ1n) is 5.10. The molecule has 0 bridgehead atoms. The van der Waals surface area contributed by atoms with Gasteiger partial charge in [0.25, 0.3) is 0 Å². The van der Waals surface area contributed by atoms with E-state index in [4.69, 9.17) is 4.74 Å². The molecule has 0 aliphatic rings. The minimum Gasteiger partial charge on any atom is -0.497 e. The maximum Gasteiger partial charge on any atom is 0.118 e. The second kappa shape index (κ2) is 5.66. The molecular formula is C12H19NO. The van der Waals surface area contributed by atoms with Gasteiger partial charge < -0.3 is 10.1 Å². The van der Waals surface area contributed by atoms with Crippen LogP contribution >= 0.6 is 0 Å². The molecule has 78 valence electrons. The second-order valence-electron chi connectivity index (χ2n) is 3.45. The Kier molecular flexibility index (Phi) is 4.47. The highest BCUT2D eigenvalue weighted by atomic mass is 16.5. The van der Waals surface area contributed by atoms with Crippen molar-refractivity contribution in [1.82, 2.24) is 5.32 Å². The quantitative estimate of drug-likeness (QED) is 0.774. The van der Waals surface area contributed by atoms with E-state index in [-0.39, 0.29) is 0 Å². The Hall–Kier alpha value is -1.02. The zero-order valence-electron chi connectivity index (χ0n) is 9.21. The summed E-state index contributed by atoms with van der Waals surface area (Å²) in [5.74, 6) is 0.922. The van der Waals surface area contributed by atoms with E-state index in [1.165, 1.54) is 5.56 Å². The van der Waals surface area contributed by atoms with Crippen LogP contribution in [0.15, 0.2) is 24.3 Å². The first-order valence-corrected chi connectivity index (χ1v) is 5.10. The van der Waals surface area contributed by atoms with Crippen LogP contribution in [0.25, 0.3) is 0 Å². The first kappa shape index (κ1) is 11.1. The van der Waals surface area contributed by atoms with Gasteiger partial charge in [-0.25, -0.2) is 0 Å². The van der Waals surface area contributed by atoms with Crippen LogP contribution in [0, 0.1) is 0 Å².